The number of amides is 3. The first-order chi connectivity index (χ1) is 7.22. The largest absolute Gasteiger partial charge is 0.334 e. The summed E-state index contributed by atoms with van der Waals surface area (Å²) in [5, 5.41) is 5.02. The van der Waals surface area contributed by atoms with Crippen LogP contribution in [0.1, 0.15) is 19.3 Å². The molecular formula is C9H15ClN2O2S. The lowest BCUT2D eigenvalue weighted by atomic mass is 10.2. The van der Waals surface area contributed by atoms with Gasteiger partial charge in [-0.3, -0.25) is 10.1 Å². The Hall–Kier alpha value is -0.420. The molecule has 1 fully saturated rings. The highest BCUT2D eigenvalue weighted by Crippen LogP contribution is 2.16. The van der Waals surface area contributed by atoms with E-state index in [1.165, 1.54) is 0 Å². The molecule has 1 unspecified atom stereocenters. The van der Waals surface area contributed by atoms with Crippen LogP contribution in [-0.4, -0.2) is 35.4 Å². The number of rotatable bonds is 3. The number of hydrogen-bond acceptors (Lipinski definition) is 3. The van der Waals surface area contributed by atoms with Crippen molar-refractivity contribution in [2.24, 2.45) is 0 Å². The Morgan fingerprint density at radius 2 is 2.27 bits per heavy atom. The first kappa shape index (κ1) is 12.6. The minimum atomic E-state index is -0.405. The van der Waals surface area contributed by atoms with Crippen molar-refractivity contribution in [2.75, 3.05) is 17.4 Å². The van der Waals surface area contributed by atoms with E-state index in [2.05, 4.69) is 10.6 Å². The normalized spacial score (nSPS) is 20.7. The van der Waals surface area contributed by atoms with Gasteiger partial charge in [-0.15, -0.1) is 11.6 Å². The maximum absolute atomic E-state index is 11.3. The van der Waals surface area contributed by atoms with Gasteiger partial charge in [-0.25, -0.2) is 4.79 Å². The average Bonchev–Trinajstić information content (AvgIpc) is 2.19. The first-order valence-corrected chi connectivity index (χ1v) is 6.65. The van der Waals surface area contributed by atoms with Crippen molar-refractivity contribution in [3.05, 3.63) is 0 Å². The van der Waals surface area contributed by atoms with E-state index in [1.807, 2.05) is 11.8 Å². The molecule has 1 saturated heterocycles. The Kier molecular flexibility index (Phi) is 5.86. The van der Waals surface area contributed by atoms with Gasteiger partial charge < -0.3 is 5.32 Å². The van der Waals surface area contributed by atoms with E-state index in [1.54, 1.807) is 0 Å². The molecular weight excluding hydrogens is 236 g/mol. The number of thioether (sulfide) groups is 1. The quantitative estimate of drug-likeness (QED) is 0.744. The van der Waals surface area contributed by atoms with Gasteiger partial charge in [0.2, 0.25) is 5.91 Å². The number of urea groups is 1. The average molecular weight is 251 g/mol. The molecule has 0 aromatic rings. The van der Waals surface area contributed by atoms with Gasteiger partial charge in [0.1, 0.15) is 0 Å². The molecule has 0 radical (unpaired) electrons. The summed E-state index contributed by atoms with van der Waals surface area (Å²) < 4.78 is 0. The van der Waals surface area contributed by atoms with E-state index in [-0.39, 0.29) is 24.2 Å². The van der Waals surface area contributed by atoms with Crippen molar-refractivity contribution < 1.29 is 9.59 Å². The molecule has 1 heterocycles. The summed E-state index contributed by atoms with van der Waals surface area (Å²) >= 11 is 7.20. The zero-order chi connectivity index (χ0) is 11.1. The van der Waals surface area contributed by atoms with Gasteiger partial charge in [0.25, 0.3) is 0 Å². The molecule has 6 heteroatoms. The zero-order valence-electron chi connectivity index (χ0n) is 8.42. The van der Waals surface area contributed by atoms with Gasteiger partial charge in [-0.1, -0.05) is 0 Å². The number of hydrogen-bond donors (Lipinski definition) is 2. The summed E-state index contributed by atoms with van der Waals surface area (Å²) in [7, 11) is 0. The van der Waals surface area contributed by atoms with E-state index in [0.29, 0.717) is 0 Å². The predicted molar refractivity (Wildman–Crippen MR) is 62.4 cm³/mol. The van der Waals surface area contributed by atoms with Gasteiger partial charge in [-0.2, -0.15) is 11.8 Å². The molecule has 0 bridgehead atoms. The second kappa shape index (κ2) is 6.95. The molecule has 0 aromatic carbocycles. The van der Waals surface area contributed by atoms with E-state index < -0.39 is 6.03 Å². The number of carbonyl (C=O) groups excluding carboxylic acids is 2. The highest BCUT2D eigenvalue weighted by Gasteiger charge is 2.16. The SMILES string of the molecule is O=C(CCCl)NC(=O)NC1CCCSC1. The third-order valence-corrected chi connectivity index (χ3v) is 3.47. The maximum atomic E-state index is 11.3. The topological polar surface area (TPSA) is 58.2 Å². The van der Waals surface area contributed by atoms with Gasteiger partial charge in [0.05, 0.1) is 0 Å². The third kappa shape index (κ3) is 5.28. The highest BCUT2D eigenvalue weighted by atomic mass is 35.5. The minimum absolute atomic E-state index is 0.175. The molecule has 3 amide bonds. The molecule has 4 nitrogen and oxygen atoms in total. The smallest absolute Gasteiger partial charge is 0.321 e. The van der Waals surface area contributed by atoms with E-state index in [9.17, 15) is 9.59 Å². The first-order valence-electron chi connectivity index (χ1n) is 4.96. The Labute approximate surface area is 98.5 Å². The summed E-state index contributed by atoms with van der Waals surface area (Å²) in [6, 6.07) is -0.217. The van der Waals surface area contributed by atoms with E-state index in [0.717, 1.165) is 24.3 Å². The summed E-state index contributed by atoms with van der Waals surface area (Å²) in [4.78, 5) is 22.3. The lowest BCUT2D eigenvalue weighted by molar-refractivity contribution is -0.119. The van der Waals surface area contributed by atoms with Crippen LogP contribution in [0.3, 0.4) is 0 Å². The number of halogens is 1. The van der Waals surface area contributed by atoms with Crippen LogP contribution in [0.5, 0.6) is 0 Å². The Morgan fingerprint density at radius 1 is 1.47 bits per heavy atom. The zero-order valence-corrected chi connectivity index (χ0v) is 10.00. The summed E-state index contributed by atoms with van der Waals surface area (Å²) in [6.45, 7) is 0. The number of imide groups is 1. The summed E-state index contributed by atoms with van der Waals surface area (Å²) in [6.07, 6.45) is 2.28. The van der Waals surface area contributed by atoms with Crippen LogP contribution < -0.4 is 10.6 Å². The molecule has 0 spiro atoms. The molecule has 0 aliphatic carbocycles. The number of carbonyl (C=O) groups is 2. The van der Waals surface area contributed by atoms with Crippen LogP contribution in [-0.2, 0) is 4.79 Å². The van der Waals surface area contributed by atoms with Crippen LogP contribution in [0.2, 0.25) is 0 Å². The molecule has 1 aliphatic heterocycles. The third-order valence-electron chi connectivity index (χ3n) is 2.07. The van der Waals surface area contributed by atoms with Gasteiger partial charge in [0.15, 0.2) is 0 Å². The van der Waals surface area contributed by atoms with Crippen molar-refractivity contribution in [1.82, 2.24) is 10.6 Å². The maximum Gasteiger partial charge on any atom is 0.321 e. The van der Waals surface area contributed by atoms with Crippen LogP contribution in [0, 0.1) is 0 Å². The Bertz CT molecular complexity index is 232. The van der Waals surface area contributed by atoms with Crippen molar-refractivity contribution >= 4 is 35.3 Å². The number of nitrogens with one attached hydrogen (secondary N) is 2. The predicted octanol–water partition coefficient (Wildman–Crippen LogP) is 1.34. The molecule has 15 heavy (non-hydrogen) atoms. The molecule has 86 valence electrons. The van der Waals surface area contributed by atoms with Gasteiger partial charge >= 0.3 is 6.03 Å². The molecule has 0 aromatic heterocycles. The van der Waals surface area contributed by atoms with Crippen LogP contribution in [0.4, 0.5) is 4.79 Å². The molecule has 1 aliphatic rings. The number of alkyl halides is 1. The molecule has 1 rings (SSSR count). The fourth-order valence-corrected chi connectivity index (χ4v) is 2.59. The van der Waals surface area contributed by atoms with E-state index in [4.69, 9.17) is 11.6 Å². The fraction of sp³-hybridized carbons (Fsp3) is 0.778. The fourth-order valence-electron chi connectivity index (χ4n) is 1.35. The Balaban J connectivity index is 2.19. The van der Waals surface area contributed by atoms with Crippen molar-refractivity contribution in [3.63, 3.8) is 0 Å². The lowest BCUT2D eigenvalue weighted by Crippen LogP contribution is -2.46. The van der Waals surface area contributed by atoms with Crippen LogP contribution in [0.15, 0.2) is 0 Å². The van der Waals surface area contributed by atoms with E-state index >= 15 is 0 Å². The van der Waals surface area contributed by atoms with Crippen LogP contribution in [0.25, 0.3) is 0 Å². The monoisotopic (exact) mass is 250 g/mol. The van der Waals surface area contributed by atoms with Crippen molar-refractivity contribution in [1.29, 1.82) is 0 Å². The van der Waals surface area contributed by atoms with Crippen molar-refractivity contribution in [2.45, 2.75) is 25.3 Å². The van der Waals surface area contributed by atoms with Crippen molar-refractivity contribution in [3.8, 4) is 0 Å². The molecule has 1 atom stereocenters. The minimum Gasteiger partial charge on any atom is -0.334 e. The highest BCUT2D eigenvalue weighted by molar-refractivity contribution is 7.99. The molecule has 2 N–H and O–H groups in total. The standard InChI is InChI=1S/C9H15ClN2O2S/c10-4-3-8(13)12-9(14)11-7-2-1-5-15-6-7/h7H,1-6H2,(H2,11,12,13,14). The summed E-state index contributed by atoms with van der Waals surface area (Å²) in [5.41, 5.74) is 0. The second-order valence-electron chi connectivity index (χ2n) is 3.37. The lowest BCUT2D eigenvalue weighted by Gasteiger charge is -2.22. The van der Waals surface area contributed by atoms with Crippen LogP contribution >= 0.6 is 23.4 Å². The summed E-state index contributed by atoms with van der Waals surface area (Å²) in [5.74, 6) is 1.99. The van der Waals surface area contributed by atoms with Gasteiger partial charge in [-0.05, 0) is 18.6 Å². The van der Waals surface area contributed by atoms with Gasteiger partial charge in [0, 0.05) is 24.1 Å². The molecule has 0 saturated carbocycles. The Morgan fingerprint density at radius 3 is 2.87 bits per heavy atom. The second-order valence-corrected chi connectivity index (χ2v) is 4.90.